The Hall–Kier alpha value is -4.10. The predicted octanol–water partition coefficient (Wildman–Crippen LogP) is 6.74. The van der Waals surface area contributed by atoms with Gasteiger partial charge in [-0.05, 0) is 66.7 Å². The molecule has 0 aliphatic carbocycles. The number of anilines is 1. The van der Waals surface area contributed by atoms with E-state index in [-0.39, 0.29) is 11.9 Å². The van der Waals surface area contributed by atoms with E-state index in [1.165, 1.54) is 12.1 Å². The van der Waals surface area contributed by atoms with Crippen LogP contribution < -0.4 is 10.6 Å². The Balaban J connectivity index is 1.32. The maximum atomic E-state index is 13.2. The van der Waals surface area contributed by atoms with Crippen LogP contribution in [0, 0.1) is 5.82 Å². The van der Waals surface area contributed by atoms with Crippen LogP contribution in [0.3, 0.4) is 0 Å². The van der Waals surface area contributed by atoms with E-state index in [2.05, 4.69) is 20.8 Å². The van der Waals surface area contributed by atoms with E-state index < -0.39 is 0 Å². The van der Waals surface area contributed by atoms with Gasteiger partial charge in [-0.2, -0.15) is 0 Å². The summed E-state index contributed by atoms with van der Waals surface area (Å²) in [4.78, 5) is 4.44. The van der Waals surface area contributed by atoms with E-state index in [0.717, 1.165) is 44.5 Å². The zero-order chi connectivity index (χ0) is 23.5. The summed E-state index contributed by atoms with van der Waals surface area (Å²) in [6, 6.07) is 24.1. The molecule has 0 fully saturated rings. The molecule has 1 atom stereocenters. The summed E-state index contributed by atoms with van der Waals surface area (Å²) in [7, 11) is 0. The molecule has 0 amide bonds. The first-order valence-corrected chi connectivity index (χ1v) is 11.2. The number of para-hydroxylation sites is 1. The fourth-order valence-corrected chi connectivity index (χ4v) is 4.16. The lowest BCUT2D eigenvalue weighted by Crippen LogP contribution is -2.30. The molecule has 168 valence electrons. The average molecular weight is 469 g/mol. The largest absolute Gasteiger partial charge is 0.363 e. The number of halogens is 1. The lowest BCUT2D eigenvalue weighted by atomic mass is 9.99. The topological polar surface area (TPSA) is 63.0 Å². The van der Waals surface area contributed by atoms with Crippen LogP contribution in [0.25, 0.3) is 33.3 Å². The van der Waals surface area contributed by atoms with Crippen LogP contribution in [0.5, 0.6) is 0 Å². The predicted molar refractivity (Wildman–Crippen MR) is 137 cm³/mol. The third-order valence-electron chi connectivity index (χ3n) is 5.65. The number of thiocarbonyl (C=S) groups is 1. The summed E-state index contributed by atoms with van der Waals surface area (Å²) in [5.41, 5.74) is 6.31. The van der Waals surface area contributed by atoms with E-state index in [1.54, 1.807) is 24.6 Å². The fourth-order valence-electron chi connectivity index (χ4n) is 3.87. The van der Waals surface area contributed by atoms with Gasteiger partial charge in [-0.1, -0.05) is 47.6 Å². The highest BCUT2D eigenvalue weighted by atomic mass is 32.1. The zero-order valence-corrected chi connectivity index (χ0v) is 19.1. The summed E-state index contributed by atoms with van der Waals surface area (Å²) < 4.78 is 18.5. The van der Waals surface area contributed by atoms with Gasteiger partial charge in [0.2, 0.25) is 0 Å². The van der Waals surface area contributed by atoms with Gasteiger partial charge in [0, 0.05) is 28.4 Å². The first-order chi connectivity index (χ1) is 16.6. The minimum atomic E-state index is -0.259. The minimum Gasteiger partial charge on any atom is -0.363 e. The average Bonchev–Trinajstić information content (AvgIpc) is 3.34. The number of hydrogen-bond acceptors (Lipinski definition) is 4. The summed E-state index contributed by atoms with van der Waals surface area (Å²) >= 11 is 5.45. The molecule has 0 radical (unpaired) electrons. The van der Waals surface area contributed by atoms with Crippen LogP contribution >= 0.6 is 12.2 Å². The Bertz CT molecular complexity index is 1440. The monoisotopic (exact) mass is 468 g/mol. The Kier molecular flexibility index (Phi) is 6.01. The number of fused-ring (bicyclic) bond motifs is 1. The van der Waals surface area contributed by atoms with E-state index in [0.29, 0.717) is 5.11 Å². The van der Waals surface area contributed by atoms with Crippen molar-refractivity contribution in [2.75, 3.05) is 5.32 Å². The van der Waals surface area contributed by atoms with Crippen LogP contribution in [0.4, 0.5) is 10.1 Å². The SMILES string of the molecule is CC(NC(=S)Nc1ccc(-c2conc2-c2ccnc3ccccc23)cc1)c1ccc(F)cc1. The van der Waals surface area contributed by atoms with Crippen molar-refractivity contribution >= 4 is 33.9 Å². The molecule has 0 aliphatic heterocycles. The Morgan fingerprint density at radius 1 is 0.941 bits per heavy atom. The third-order valence-corrected chi connectivity index (χ3v) is 5.87. The van der Waals surface area contributed by atoms with Crippen molar-refractivity contribution in [1.29, 1.82) is 0 Å². The summed E-state index contributed by atoms with van der Waals surface area (Å²) in [5, 5.41) is 12.2. The van der Waals surface area contributed by atoms with Crippen molar-refractivity contribution in [2.24, 2.45) is 0 Å². The second-order valence-corrected chi connectivity index (χ2v) is 8.31. The van der Waals surface area contributed by atoms with Crippen molar-refractivity contribution in [3.63, 3.8) is 0 Å². The smallest absolute Gasteiger partial charge is 0.171 e. The molecule has 0 bridgehead atoms. The van der Waals surface area contributed by atoms with Crippen molar-refractivity contribution in [3.05, 3.63) is 103 Å². The van der Waals surface area contributed by atoms with E-state index in [1.807, 2.05) is 61.5 Å². The van der Waals surface area contributed by atoms with E-state index in [9.17, 15) is 4.39 Å². The summed E-state index contributed by atoms with van der Waals surface area (Å²) in [6.07, 6.45) is 3.44. The van der Waals surface area contributed by atoms with Crippen molar-refractivity contribution in [1.82, 2.24) is 15.5 Å². The summed E-state index contributed by atoms with van der Waals surface area (Å²) in [6.45, 7) is 1.97. The molecule has 0 aliphatic rings. The van der Waals surface area contributed by atoms with E-state index >= 15 is 0 Å². The Labute approximate surface area is 201 Å². The molecule has 2 heterocycles. The Morgan fingerprint density at radius 3 is 2.50 bits per heavy atom. The standard InChI is InChI=1S/C27H21FN4OS/c1-17(18-6-10-20(28)11-7-18)30-27(34)31-21-12-8-19(9-13-21)24-16-33-32-26(24)23-14-15-29-25-5-3-2-4-22(23)25/h2-17H,1H3,(H2,30,31,34). The molecule has 7 heteroatoms. The van der Waals surface area contributed by atoms with Crippen molar-refractivity contribution in [2.45, 2.75) is 13.0 Å². The molecule has 2 N–H and O–H groups in total. The number of benzene rings is 3. The normalized spacial score (nSPS) is 11.8. The van der Waals surface area contributed by atoms with E-state index in [4.69, 9.17) is 16.7 Å². The van der Waals surface area contributed by atoms with Gasteiger partial charge in [0.25, 0.3) is 0 Å². The van der Waals surface area contributed by atoms with Crippen LogP contribution in [-0.4, -0.2) is 15.3 Å². The lowest BCUT2D eigenvalue weighted by Gasteiger charge is -2.17. The van der Waals surface area contributed by atoms with Gasteiger partial charge < -0.3 is 15.2 Å². The number of nitrogens with one attached hydrogen (secondary N) is 2. The fraction of sp³-hybridized carbons (Fsp3) is 0.0741. The molecular formula is C27H21FN4OS. The number of pyridine rings is 1. The van der Waals surface area contributed by atoms with Crippen LogP contribution in [0.2, 0.25) is 0 Å². The highest BCUT2D eigenvalue weighted by Crippen LogP contribution is 2.35. The molecule has 3 aromatic carbocycles. The molecule has 0 saturated heterocycles. The highest BCUT2D eigenvalue weighted by molar-refractivity contribution is 7.80. The van der Waals surface area contributed by atoms with Crippen molar-refractivity contribution < 1.29 is 8.91 Å². The first-order valence-electron chi connectivity index (χ1n) is 10.8. The molecule has 2 aromatic heterocycles. The number of nitrogens with zero attached hydrogens (tertiary/aromatic N) is 2. The third kappa shape index (κ3) is 4.51. The van der Waals surface area contributed by atoms with Gasteiger partial charge in [-0.25, -0.2) is 4.39 Å². The van der Waals surface area contributed by atoms with Gasteiger partial charge in [0.1, 0.15) is 17.8 Å². The maximum Gasteiger partial charge on any atom is 0.171 e. The second-order valence-electron chi connectivity index (χ2n) is 7.90. The van der Waals surface area contributed by atoms with Gasteiger partial charge in [0.05, 0.1) is 11.6 Å². The van der Waals surface area contributed by atoms with Gasteiger partial charge in [0.15, 0.2) is 5.11 Å². The number of aromatic nitrogens is 2. The molecule has 0 saturated carbocycles. The molecule has 1 unspecified atom stereocenters. The van der Waals surface area contributed by atoms with Crippen molar-refractivity contribution in [3.8, 4) is 22.4 Å². The first kappa shape index (κ1) is 21.7. The van der Waals surface area contributed by atoms with Gasteiger partial charge in [-0.3, -0.25) is 4.98 Å². The van der Waals surface area contributed by atoms with Crippen LogP contribution in [-0.2, 0) is 0 Å². The molecule has 5 nitrogen and oxygen atoms in total. The Morgan fingerprint density at radius 2 is 1.71 bits per heavy atom. The maximum absolute atomic E-state index is 13.2. The molecule has 34 heavy (non-hydrogen) atoms. The molecular weight excluding hydrogens is 447 g/mol. The lowest BCUT2D eigenvalue weighted by molar-refractivity contribution is 0.422. The second kappa shape index (κ2) is 9.41. The quantitative estimate of drug-likeness (QED) is 0.278. The minimum absolute atomic E-state index is 0.0605. The number of hydrogen-bond donors (Lipinski definition) is 2. The van der Waals surface area contributed by atoms with Crippen LogP contribution in [0.1, 0.15) is 18.5 Å². The molecule has 0 spiro atoms. The highest BCUT2D eigenvalue weighted by Gasteiger charge is 2.15. The molecule has 5 rings (SSSR count). The van der Waals surface area contributed by atoms with Crippen LogP contribution in [0.15, 0.2) is 95.8 Å². The number of rotatable bonds is 5. The zero-order valence-electron chi connectivity index (χ0n) is 18.3. The summed E-state index contributed by atoms with van der Waals surface area (Å²) in [5.74, 6) is -0.259. The van der Waals surface area contributed by atoms with Gasteiger partial charge >= 0.3 is 0 Å². The van der Waals surface area contributed by atoms with Gasteiger partial charge in [-0.15, -0.1) is 0 Å². The molecule has 5 aromatic rings.